The Kier molecular flexibility index (Phi) is 4.86. The van der Waals surface area contributed by atoms with Crippen molar-refractivity contribution in [1.29, 1.82) is 0 Å². The van der Waals surface area contributed by atoms with Gasteiger partial charge in [0.05, 0.1) is 12.0 Å². The minimum absolute atomic E-state index is 0.234. The van der Waals surface area contributed by atoms with Crippen molar-refractivity contribution >= 4 is 17.4 Å². The zero-order valence-electron chi connectivity index (χ0n) is 13.4. The largest absolute Gasteiger partial charge is 0.497 e. The summed E-state index contributed by atoms with van der Waals surface area (Å²) in [4.78, 5) is 13.2. The van der Waals surface area contributed by atoms with E-state index in [4.69, 9.17) is 4.74 Å². The predicted octanol–water partition coefficient (Wildman–Crippen LogP) is 3.45. The number of carbonyl (C=O) groups is 1. The molecule has 24 heavy (non-hydrogen) atoms. The molecule has 1 heterocycles. The highest BCUT2D eigenvalue weighted by atomic mass is 32.1. The second-order valence-electron chi connectivity index (χ2n) is 5.35. The highest BCUT2D eigenvalue weighted by molar-refractivity contribution is 7.09. The van der Waals surface area contributed by atoms with Crippen LogP contribution in [0.4, 0.5) is 0 Å². The van der Waals surface area contributed by atoms with E-state index in [1.165, 1.54) is 17.1 Å². The first kappa shape index (κ1) is 16.1. The van der Waals surface area contributed by atoms with Gasteiger partial charge in [-0.1, -0.05) is 46.4 Å². The molecule has 0 radical (unpaired) electrons. The van der Waals surface area contributed by atoms with Gasteiger partial charge in [0.2, 0.25) is 0 Å². The normalized spacial score (nSPS) is 10.4. The van der Waals surface area contributed by atoms with Crippen LogP contribution >= 0.6 is 11.5 Å². The highest BCUT2D eigenvalue weighted by Gasteiger charge is 2.17. The van der Waals surface area contributed by atoms with E-state index in [0.717, 1.165) is 21.8 Å². The molecule has 0 atom stereocenters. The van der Waals surface area contributed by atoms with Crippen molar-refractivity contribution in [3.8, 4) is 16.2 Å². The summed E-state index contributed by atoms with van der Waals surface area (Å²) in [5.41, 5.74) is 3.43. The number of carbonyl (C=O) groups excluding carboxylic acids is 1. The first-order valence-corrected chi connectivity index (χ1v) is 8.25. The van der Waals surface area contributed by atoms with E-state index in [0.29, 0.717) is 12.2 Å². The Bertz CT molecular complexity index is 843. The zero-order chi connectivity index (χ0) is 16.9. The lowest BCUT2D eigenvalue weighted by Crippen LogP contribution is -2.23. The second kappa shape index (κ2) is 7.23. The van der Waals surface area contributed by atoms with Gasteiger partial charge in [-0.15, -0.1) is 5.10 Å². The summed E-state index contributed by atoms with van der Waals surface area (Å²) < 4.78 is 9.12. The number of hydrogen-bond donors (Lipinski definition) is 1. The Morgan fingerprint density at radius 3 is 2.75 bits per heavy atom. The molecule has 0 unspecified atom stereocenters. The maximum absolute atomic E-state index is 12.5. The van der Waals surface area contributed by atoms with Crippen LogP contribution in [0.3, 0.4) is 0 Å². The summed E-state index contributed by atoms with van der Waals surface area (Å²) in [5, 5.41) is 6.88. The van der Waals surface area contributed by atoms with Gasteiger partial charge in [-0.25, -0.2) is 0 Å². The number of nitrogens with zero attached hydrogens (tertiary/aromatic N) is 2. The van der Waals surface area contributed by atoms with Crippen LogP contribution in [0.25, 0.3) is 10.4 Å². The molecule has 3 aromatic rings. The number of amides is 1. The van der Waals surface area contributed by atoms with Crippen LogP contribution in [0.2, 0.25) is 0 Å². The van der Waals surface area contributed by atoms with Gasteiger partial charge in [-0.3, -0.25) is 4.79 Å². The van der Waals surface area contributed by atoms with Gasteiger partial charge < -0.3 is 10.1 Å². The van der Waals surface area contributed by atoms with Gasteiger partial charge >= 0.3 is 0 Å². The number of aryl methyl sites for hydroxylation is 1. The Hall–Kier alpha value is -2.73. The Morgan fingerprint density at radius 1 is 1.21 bits per heavy atom. The standard InChI is InChI=1S/C18H17N3O2S/c1-12-6-8-14(9-7-12)17-16(20-21-24-17)18(22)19-11-13-4-3-5-15(10-13)23-2/h3-10H,11H2,1-2H3,(H,19,22). The lowest BCUT2D eigenvalue weighted by molar-refractivity contribution is 0.0946. The Morgan fingerprint density at radius 2 is 2.00 bits per heavy atom. The average Bonchev–Trinajstić information content (AvgIpc) is 3.10. The van der Waals surface area contributed by atoms with Gasteiger partial charge in [0, 0.05) is 6.54 Å². The van der Waals surface area contributed by atoms with Gasteiger partial charge in [0.1, 0.15) is 5.75 Å². The van der Waals surface area contributed by atoms with Gasteiger partial charge in [-0.2, -0.15) is 0 Å². The predicted molar refractivity (Wildman–Crippen MR) is 94.2 cm³/mol. The molecule has 0 fully saturated rings. The summed E-state index contributed by atoms with van der Waals surface area (Å²) in [6, 6.07) is 15.5. The summed E-state index contributed by atoms with van der Waals surface area (Å²) in [6.07, 6.45) is 0. The van der Waals surface area contributed by atoms with Crippen molar-refractivity contribution < 1.29 is 9.53 Å². The third kappa shape index (κ3) is 3.60. The van der Waals surface area contributed by atoms with E-state index in [1.54, 1.807) is 7.11 Å². The van der Waals surface area contributed by atoms with Crippen LogP contribution in [0.15, 0.2) is 48.5 Å². The summed E-state index contributed by atoms with van der Waals surface area (Å²) >= 11 is 1.22. The average molecular weight is 339 g/mol. The molecule has 1 N–H and O–H groups in total. The van der Waals surface area contributed by atoms with Crippen LogP contribution in [0, 0.1) is 6.92 Å². The summed E-state index contributed by atoms with van der Waals surface area (Å²) in [5.74, 6) is 0.527. The van der Waals surface area contributed by atoms with Gasteiger partial charge in [-0.05, 0) is 41.7 Å². The number of methoxy groups -OCH3 is 1. The molecule has 0 aliphatic carbocycles. The van der Waals surface area contributed by atoms with Crippen LogP contribution < -0.4 is 10.1 Å². The third-order valence-corrected chi connectivity index (χ3v) is 4.38. The monoisotopic (exact) mass is 339 g/mol. The van der Waals surface area contributed by atoms with E-state index >= 15 is 0 Å². The quantitative estimate of drug-likeness (QED) is 0.773. The summed E-state index contributed by atoms with van der Waals surface area (Å²) in [7, 11) is 1.62. The maximum atomic E-state index is 12.5. The third-order valence-electron chi connectivity index (χ3n) is 3.60. The molecule has 3 rings (SSSR count). The van der Waals surface area contributed by atoms with Crippen molar-refractivity contribution in [2.45, 2.75) is 13.5 Å². The van der Waals surface area contributed by atoms with Crippen LogP contribution in [0.5, 0.6) is 5.75 Å². The minimum atomic E-state index is -0.234. The Balaban J connectivity index is 1.74. The van der Waals surface area contributed by atoms with Crippen LogP contribution in [0.1, 0.15) is 21.6 Å². The first-order chi connectivity index (χ1) is 11.7. The minimum Gasteiger partial charge on any atom is -0.497 e. The van der Waals surface area contributed by atoms with Crippen molar-refractivity contribution in [3.63, 3.8) is 0 Å². The molecule has 0 bridgehead atoms. The number of rotatable bonds is 5. The number of nitrogens with one attached hydrogen (secondary N) is 1. The van der Waals surface area contributed by atoms with Crippen molar-refractivity contribution in [1.82, 2.24) is 14.9 Å². The molecule has 1 aromatic heterocycles. The number of aromatic nitrogens is 2. The molecular weight excluding hydrogens is 322 g/mol. The molecule has 122 valence electrons. The lowest BCUT2D eigenvalue weighted by atomic mass is 10.1. The fourth-order valence-electron chi connectivity index (χ4n) is 2.28. The molecule has 0 aliphatic heterocycles. The highest BCUT2D eigenvalue weighted by Crippen LogP contribution is 2.26. The van der Waals surface area contributed by atoms with Gasteiger partial charge in [0.15, 0.2) is 5.69 Å². The Labute approximate surface area is 144 Å². The smallest absolute Gasteiger partial charge is 0.273 e. The molecule has 0 saturated heterocycles. The molecule has 2 aromatic carbocycles. The fourth-order valence-corrected chi connectivity index (χ4v) is 2.95. The van der Waals surface area contributed by atoms with E-state index in [-0.39, 0.29) is 5.91 Å². The molecule has 0 aliphatic rings. The van der Waals surface area contributed by atoms with Gasteiger partial charge in [0.25, 0.3) is 5.91 Å². The van der Waals surface area contributed by atoms with E-state index < -0.39 is 0 Å². The van der Waals surface area contributed by atoms with E-state index in [1.807, 2.05) is 55.5 Å². The number of ether oxygens (including phenoxy) is 1. The van der Waals surface area contributed by atoms with Crippen molar-refractivity contribution in [3.05, 3.63) is 65.4 Å². The van der Waals surface area contributed by atoms with Crippen LogP contribution in [-0.2, 0) is 6.54 Å². The first-order valence-electron chi connectivity index (χ1n) is 7.48. The molecule has 6 heteroatoms. The SMILES string of the molecule is COc1cccc(CNC(=O)c2nnsc2-c2ccc(C)cc2)c1. The fraction of sp³-hybridized carbons (Fsp3) is 0.167. The maximum Gasteiger partial charge on any atom is 0.273 e. The molecule has 1 amide bonds. The number of benzene rings is 2. The van der Waals surface area contributed by atoms with Crippen molar-refractivity contribution in [2.75, 3.05) is 7.11 Å². The molecular formula is C18H17N3O2S. The van der Waals surface area contributed by atoms with Crippen molar-refractivity contribution in [2.24, 2.45) is 0 Å². The number of hydrogen-bond acceptors (Lipinski definition) is 5. The van der Waals surface area contributed by atoms with Crippen LogP contribution in [-0.4, -0.2) is 22.6 Å². The molecule has 0 spiro atoms. The van der Waals surface area contributed by atoms with E-state index in [9.17, 15) is 4.79 Å². The lowest BCUT2D eigenvalue weighted by Gasteiger charge is -2.07. The molecule has 0 saturated carbocycles. The summed E-state index contributed by atoms with van der Waals surface area (Å²) in [6.45, 7) is 2.43. The van der Waals surface area contributed by atoms with E-state index in [2.05, 4.69) is 14.9 Å². The second-order valence-corrected chi connectivity index (χ2v) is 6.11. The topological polar surface area (TPSA) is 64.1 Å². The molecule has 5 nitrogen and oxygen atoms in total. The zero-order valence-corrected chi connectivity index (χ0v) is 14.3.